The van der Waals surface area contributed by atoms with Gasteiger partial charge in [0.15, 0.2) is 5.78 Å². The first-order valence-corrected chi connectivity index (χ1v) is 9.04. The van der Waals surface area contributed by atoms with Gasteiger partial charge < -0.3 is 0 Å². The molecule has 1 aliphatic heterocycles. The molecule has 1 spiro atoms. The van der Waals surface area contributed by atoms with Gasteiger partial charge in [-0.2, -0.15) is 4.31 Å². The van der Waals surface area contributed by atoms with Crippen molar-refractivity contribution in [2.75, 3.05) is 6.54 Å². The van der Waals surface area contributed by atoms with Gasteiger partial charge in [0.25, 0.3) is 0 Å². The number of aryl methyl sites for hydroxylation is 1. The molecule has 1 saturated carbocycles. The Balaban J connectivity index is 2.03. The maximum absolute atomic E-state index is 13.0. The van der Waals surface area contributed by atoms with Crippen molar-refractivity contribution in [2.24, 2.45) is 0 Å². The van der Waals surface area contributed by atoms with Gasteiger partial charge in [0.05, 0.1) is 10.4 Å². The summed E-state index contributed by atoms with van der Waals surface area (Å²) in [6.07, 6.45) is 4.44. The molecule has 2 fully saturated rings. The van der Waals surface area contributed by atoms with Gasteiger partial charge in [-0.1, -0.05) is 17.7 Å². The summed E-state index contributed by atoms with van der Waals surface area (Å²) in [5.41, 5.74) is 0.265. The first kappa shape index (κ1) is 14.7. The third-order valence-corrected chi connectivity index (χ3v) is 6.78. The second-order valence-electron chi connectivity index (χ2n) is 6.16. The van der Waals surface area contributed by atoms with E-state index in [1.807, 2.05) is 6.92 Å². The smallest absolute Gasteiger partial charge is 0.243 e. The standard InChI is InChI=1S/C16H21NO3S/c1-13-6-8-14(9-7-13)21(19,20)17-12-3-2-10-16(17)11-4-5-15(16)18/h6-9H,2-5,10-12H2,1H3/t16-/m0/s1. The van der Waals surface area contributed by atoms with Crippen LogP contribution in [-0.2, 0) is 14.8 Å². The monoisotopic (exact) mass is 307 g/mol. The van der Waals surface area contributed by atoms with Gasteiger partial charge in [-0.05, 0) is 51.2 Å². The molecule has 5 heteroatoms. The molecule has 0 bridgehead atoms. The lowest BCUT2D eigenvalue weighted by molar-refractivity contribution is -0.126. The van der Waals surface area contributed by atoms with Crippen molar-refractivity contribution in [2.45, 2.75) is 55.9 Å². The summed E-state index contributed by atoms with van der Waals surface area (Å²) < 4.78 is 27.5. The van der Waals surface area contributed by atoms with Gasteiger partial charge in [0.2, 0.25) is 10.0 Å². The zero-order valence-electron chi connectivity index (χ0n) is 12.3. The minimum atomic E-state index is -3.59. The van der Waals surface area contributed by atoms with E-state index in [0.29, 0.717) is 30.7 Å². The molecular weight excluding hydrogens is 286 g/mol. The Hall–Kier alpha value is -1.20. The van der Waals surface area contributed by atoms with Crippen molar-refractivity contribution in [3.63, 3.8) is 0 Å². The third-order valence-electron chi connectivity index (χ3n) is 4.80. The van der Waals surface area contributed by atoms with Crippen molar-refractivity contribution < 1.29 is 13.2 Å². The predicted molar refractivity (Wildman–Crippen MR) is 80.5 cm³/mol. The first-order chi connectivity index (χ1) is 9.97. The lowest BCUT2D eigenvalue weighted by Crippen LogP contribution is -2.56. The normalized spacial score (nSPS) is 27.4. The van der Waals surface area contributed by atoms with Crippen LogP contribution in [0.2, 0.25) is 0 Å². The summed E-state index contributed by atoms with van der Waals surface area (Å²) in [5, 5.41) is 0. The van der Waals surface area contributed by atoms with Crippen LogP contribution in [0, 0.1) is 6.92 Å². The van der Waals surface area contributed by atoms with Gasteiger partial charge in [0, 0.05) is 13.0 Å². The van der Waals surface area contributed by atoms with Crippen LogP contribution in [0.3, 0.4) is 0 Å². The molecule has 0 unspecified atom stereocenters. The van der Waals surface area contributed by atoms with Crippen LogP contribution in [0.25, 0.3) is 0 Å². The molecule has 0 aromatic heterocycles. The summed E-state index contributed by atoms with van der Waals surface area (Å²) in [5.74, 6) is 0.109. The highest BCUT2D eigenvalue weighted by Gasteiger charge is 2.52. The Labute approximate surface area is 126 Å². The summed E-state index contributed by atoms with van der Waals surface area (Å²) in [7, 11) is -3.59. The van der Waals surface area contributed by atoms with Crippen molar-refractivity contribution in [1.29, 1.82) is 0 Å². The largest absolute Gasteiger partial charge is 0.298 e. The zero-order valence-corrected chi connectivity index (χ0v) is 13.2. The van der Waals surface area contributed by atoms with Crippen molar-refractivity contribution in [1.82, 2.24) is 4.31 Å². The Morgan fingerprint density at radius 2 is 1.71 bits per heavy atom. The highest BCUT2D eigenvalue weighted by atomic mass is 32.2. The quantitative estimate of drug-likeness (QED) is 0.844. The van der Waals surface area contributed by atoms with Gasteiger partial charge in [-0.15, -0.1) is 0 Å². The Morgan fingerprint density at radius 3 is 2.33 bits per heavy atom. The highest BCUT2D eigenvalue weighted by molar-refractivity contribution is 7.89. The molecule has 2 aliphatic rings. The number of hydrogen-bond acceptors (Lipinski definition) is 3. The first-order valence-electron chi connectivity index (χ1n) is 7.60. The van der Waals surface area contributed by atoms with Gasteiger partial charge in [-0.3, -0.25) is 4.79 Å². The van der Waals surface area contributed by atoms with Crippen molar-refractivity contribution >= 4 is 15.8 Å². The van der Waals surface area contributed by atoms with E-state index in [1.54, 1.807) is 24.3 Å². The minimum absolute atomic E-state index is 0.109. The van der Waals surface area contributed by atoms with Crippen LogP contribution in [-0.4, -0.2) is 30.6 Å². The number of carbonyl (C=O) groups is 1. The molecule has 114 valence electrons. The second kappa shape index (κ2) is 5.21. The molecule has 1 heterocycles. The number of carbonyl (C=O) groups excluding carboxylic acids is 1. The molecule has 4 nitrogen and oxygen atoms in total. The molecule has 3 rings (SSSR count). The molecule has 0 radical (unpaired) electrons. The number of Topliss-reactive ketones (excluding diaryl/α,β-unsaturated/α-hetero) is 1. The maximum Gasteiger partial charge on any atom is 0.243 e. The number of ketones is 1. The van der Waals surface area contributed by atoms with Gasteiger partial charge in [0.1, 0.15) is 0 Å². The van der Waals surface area contributed by atoms with Crippen LogP contribution >= 0.6 is 0 Å². The summed E-state index contributed by atoms with van der Waals surface area (Å²) in [4.78, 5) is 12.7. The van der Waals surface area contributed by atoms with Crippen molar-refractivity contribution in [3.8, 4) is 0 Å². The van der Waals surface area contributed by atoms with Crippen LogP contribution in [0.4, 0.5) is 0 Å². The Kier molecular flexibility index (Phi) is 3.66. The average molecular weight is 307 g/mol. The van der Waals surface area contributed by atoms with Crippen LogP contribution in [0.5, 0.6) is 0 Å². The lowest BCUT2D eigenvalue weighted by atomic mass is 9.86. The fourth-order valence-electron chi connectivity index (χ4n) is 3.64. The lowest BCUT2D eigenvalue weighted by Gasteiger charge is -2.42. The summed E-state index contributed by atoms with van der Waals surface area (Å²) in [6, 6.07) is 6.90. The SMILES string of the molecule is Cc1ccc(S(=O)(=O)N2CCCC[C@@]23CCCC3=O)cc1. The number of sulfonamides is 1. The molecular formula is C16H21NO3S. The molecule has 1 atom stereocenters. The number of rotatable bonds is 2. The van der Waals surface area contributed by atoms with Gasteiger partial charge >= 0.3 is 0 Å². The van der Waals surface area contributed by atoms with Crippen LogP contribution < -0.4 is 0 Å². The maximum atomic E-state index is 13.0. The summed E-state index contributed by atoms with van der Waals surface area (Å²) >= 11 is 0. The molecule has 0 N–H and O–H groups in total. The van der Waals surface area contributed by atoms with E-state index in [9.17, 15) is 13.2 Å². The van der Waals surface area contributed by atoms with E-state index in [4.69, 9.17) is 0 Å². The van der Waals surface area contributed by atoms with Crippen LogP contribution in [0.15, 0.2) is 29.2 Å². The summed E-state index contributed by atoms with van der Waals surface area (Å²) in [6.45, 7) is 2.39. The molecule has 1 saturated heterocycles. The number of benzene rings is 1. The van der Waals surface area contributed by atoms with E-state index in [2.05, 4.69) is 0 Å². The molecule has 0 amide bonds. The van der Waals surface area contributed by atoms with Crippen molar-refractivity contribution in [3.05, 3.63) is 29.8 Å². The topological polar surface area (TPSA) is 54.5 Å². The van der Waals surface area contributed by atoms with Crippen LogP contribution in [0.1, 0.15) is 44.1 Å². The zero-order chi connectivity index (χ0) is 15.1. The molecule has 1 aromatic carbocycles. The van der Waals surface area contributed by atoms with E-state index in [0.717, 1.165) is 24.8 Å². The Bertz CT molecular complexity index is 651. The van der Waals surface area contributed by atoms with Gasteiger partial charge in [-0.25, -0.2) is 8.42 Å². The Morgan fingerprint density at radius 1 is 1.05 bits per heavy atom. The molecule has 1 aliphatic carbocycles. The number of piperidine rings is 1. The predicted octanol–water partition coefficient (Wildman–Crippen LogP) is 2.66. The molecule has 21 heavy (non-hydrogen) atoms. The van der Waals surface area contributed by atoms with E-state index in [1.165, 1.54) is 4.31 Å². The average Bonchev–Trinajstić information content (AvgIpc) is 2.81. The number of hydrogen-bond donors (Lipinski definition) is 0. The molecule has 1 aromatic rings. The van der Waals surface area contributed by atoms with E-state index in [-0.39, 0.29) is 5.78 Å². The highest BCUT2D eigenvalue weighted by Crippen LogP contribution is 2.42. The number of nitrogens with zero attached hydrogens (tertiary/aromatic N) is 1. The third kappa shape index (κ3) is 2.32. The second-order valence-corrected chi connectivity index (χ2v) is 8.02. The fourth-order valence-corrected chi connectivity index (χ4v) is 5.49. The van der Waals surface area contributed by atoms with E-state index < -0.39 is 15.6 Å². The van der Waals surface area contributed by atoms with E-state index >= 15 is 0 Å². The minimum Gasteiger partial charge on any atom is -0.298 e. The fraction of sp³-hybridized carbons (Fsp3) is 0.562.